The molecule has 0 saturated carbocycles. The maximum Gasteiger partial charge on any atom is 0.387 e. The van der Waals surface area contributed by atoms with Gasteiger partial charge in [0.1, 0.15) is 11.6 Å². The van der Waals surface area contributed by atoms with E-state index in [4.69, 9.17) is 5.73 Å². The molecule has 2 amide bonds. The molecule has 1 aromatic carbocycles. The van der Waals surface area contributed by atoms with Crippen LogP contribution in [-0.2, 0) is 29.5 Å². The van der Waals surface area contributed by atoms with Gasteiger partial charge in [0, 0.05) is 26.4 Å². The number of hydrogen-bond donors (Lipinski definition) is 2. The molecule has 3 N–H and O–H groups in total. The number of hydrogen-bond acceptors (Lipinski definition) is 6. The fourth-order valence-corrected chi connectivity index (χ4v) is 3.05. The summed E-state index contributed by atoms with van der Waals surface area (Å²) in [4.78, 5) is 22.8. The highest BCUT2D eigenvalue weighted by molar-refractivity contribution is 7.99. The average Bonchev–Trinajstić information content (AvgIpc) is 2.99. The minimum atomic E-state index is -2.85. The molecule has 0 spiro atoms. The second-order valence-electron chi connectivity index (χ2n) is 5.84. The van der Waals surface area contributed by atoms with E-state index in [2.05, 4.69) is 20.3 Å². The van der Waals surface area contributed by atoms with Gasteiger partial charge < -0.3 is 20.4 Å². The summed E-state index contributed by atoms with van der Waals surface area (Å²) in [5, 5.41) is 11.3. The second kappa shape index (κ2) is 10.6. The predicted molar refractivity (Wildman–Crippen MR) is 99.0 cm³/mol. The number of primary amides is 1. The van der Waals surface area contributed by atoms with Gasteiger partial charge in [-0.3, -0.25) is 9.59 Å². The molecule has 2 rings (SSSR count). The van der Waals surface area contributed by atoms with Crippen LogP contribution in [0.2, 0.25) is 0 Å². The van der Waals surface area contributed by atoms with Crippen molar-refractivity contribution in [3.8, 4) is 5.75 Å². The van der Waals surface area contributed by atoms with Crippen LogP contribution in [0.25, 0.3) is 0 Å². The van der Waals surface area contributed by atoms with E-state index in [0.717, 1.165) is 5.56 Å². The SMILES string of the molecule is Cn1c(CCC(N)=O)nnc1SCC(=O)NCCc1ccc(OC(F)F)cc1. The zero-order chi connectivity index (χ0) is 20.5. The van der Waals surface area contributed by atoms with E-state index < -0.39 is 12.5 Å². The number of carbonyl (C=O) groups excluding carboxylic acids is 2. The largest absolute Gasteiger partial charge is 0.435 e. The number of aryl methyl sites for hydroxylation is 1. The summed E-state index contributed by atoms with van der Waals surface area (Å²) in [6.45, 7) is -2.44. The number of nitrogens with one attached hydrogen (secondary N) is 1. The fourth-order valence-electron chi connectivity index (χ4n) is 2.29. The molecule has 0 radical (unpaired) electrons. The number of halogens is 2. The van der Waals surface area contributed by atoms with E-state index in [9.17, 15) is 18.4 Å². The number of benzene rings is 1. The van der Waals surface area contributed by atoms with Gasteiger partial charge in [0.25, 0.3) is 0 Å². The molecule has 11 heteroatoms. The first kappa shape index (κ1) is 21.6. The third-order valence-corrected chi connectivity index (χ3v) is 4.76. The molecule has 1 aromatic heterocycles. The molecule has 0 aliphatic heterocycles. The minimum Gasteiger partial charge on any atom is -0.435 e. The van der Waals surface area contributed by atoms with Crippen LogP contribution in [0, 0.1) is 0 Å². The van der Waals surface area contributed by atoms with Crippen LogP contribution in [0.1, 0.15) is 17.8 Å². The minimum absolute atomic E-state index is 0.0954. The Morgan fingerprint density at radius 1 is 1.25 bits per heavy atom. The van der Waals surface area contributed by atoms with Gasteiger partial charge in [-0.15, -0.1) is 10.2 Å². The average molecular weight is 413 g/mol. The number of nitrogens with two attached hydrogens (primary N) is 1. The molecule has 0 aliphatic rings. The Bertz CT molecular complexity index is 799. The van der Waals surface area contributed by atoms with E-state index >= 15 is 0 Å². The zero-order valence-corrected chi connectivity index (χ0v) is 16.0. The number of amides is 2. The number of aromatic nitrogens is 3. The van der Waals surface area contributed by atoms with Crippen molar-refractivity contribution in [2.24, 2.45) is 12.8 Å². The van der Waals surface area contributed by atoms with E-state index in [-0.39, 0.29) is 23.8 Å². The quantitative estimate of drug-likeness (QED) is 0.537. The van der Waals surface area contributed by atoms with Crippen LogP contribution in [0.5, 0.6) is 5.75 Å². The lowest BCUT2D eigenvalue weighted by molar-refractivity contribution is -0.119. The molecular formula is C17H21F2N5O3S. The highest BCUT2D eigenvalue weighted by atomic mass is 32.2. The summed E-state index contributed by atoms with van der Waals surface area (Å²) in [5.74, 6) is 0.319. The van der Waals surface area contributed by atoms with Crippen molar-refractivity contribution in [1.82, 2.24) is 20.1 Å². The summed E-state index contributed by atoms with van der Waals surface area (Å²) < 4.78 is 30.2. The highest BCUT2D eigenvalue weighted by Crippen LogP contribution is 2.16. The van der Waals surface area contributed by atoms with E-state index in [1.807, 2.05) is 0 Å². The monoisotopic (exact) mass is 413 g/mol. The van der Waals surface area contributed by atoms with Crippen molar-refractivity contribution in [3.05, 3.63) is 35.7 Å². The standard InChI is InChI=1S/C17H21F2N5O3S/c1-24-14(7-6-13(20)25)22-23-17(24)28-10-15(26)21-9-8-11-2-4-12(5-3-11)27-16(18)19/h2-5,16H,6-10H2,1H3,(H2,20,25)(H,21,26). The van der Waals surface area contributed by atoms with Gasteiger partial charge >= 0.3 is 6.61 Å². The lowest BCUT2D eigenvalue weighted by Crippen LogP contribution is -2.27. The van der Waals surface area contributed by atoms with Gasteiger partial charge in [-0.2, -0.15) is 8.78 Å². The van der Waals surface area contributed by atoms with Gasteiger partial charge in [-0.05, 0) is 24.1 Å². The first-order chi connectivity index (χ1) is 13.3. The lowest BCUT2D eigenvalue weighted by Gasteiger charge is -2.07. The molecule has 152 valence electrons. The van der Waals surface area contributed by atoms with Gasteiger partial charge in [0.15, 0.2) is 5.16 Å². The van der Waals surface area contributed by atoms with Gasteiger partial charge in [0.05, 0.1) is 5.75 Å². The van der Waals surface area contributed by atoms with Crippen LogP contribution in [0.3, 0.4) is 0 Å². The number of ether oxygens (including phenoxy) is 1. The highest BCUT2D eigenvalue weighted by Gasteiger charge is 2.12. The van der Waals surface area contributed by atoms with Crippen LogP contribution >= 0.6 is 11.8 Å². The molecule has 8 nitrogen and oxygen atoms in total. The topological polar surface area (TPSA) is 112 Å². The number of carbonyl (C=O) groups is 2. The molecule has 0 fully saturated rings. The first-order valence-corrected chi connectivity index (χ1v) is 9.43. The summed E-state index contributed by atoms with van der Waals surface area (Å²) in [6.07, 6.45) is 1.14. The summed E-state index contributed by atoms with van der Waals surface area (Å²) in [6, 6.07) is 6.27. The summed E-state index contributed by atoms with van der Waals surface area (Å²) in [5.41, 5.74) is 6.01. The van der Waals surface area contributed by atoms with Crippen molar-refractivity contribution < 1.29 is 23.1 Å². The number of nitrogens with zero attached hydrogens (tertiary/aromatic N) is 3. The number of thioether (sulfide) groups is 1. The van der Waals surface area contributed by atoms with Crippen molar-refractivity contribution in [2.45, 2.75) is 31.0 Å². The Kier molecular flexibility index (Phi) is 8.18. The first-order valence-electron chi connectivity index (χ1n) is 8.45. The van der Waals surface area contributed by atoms with E-state index in [1.54, 1.807) is 23.7 Å². The van der Waals surface area contributed by atoms with Crippen molar-refractivity contribution in [1.29, 1.82) is 0 Å². The number of alkyl halides is 2. The Balaban J connectivity index is 1.71. The maximum absolute atomic E-state index is 12.1. The van der Waals surface area contributed by atoms with Crippen LogP contribution < -0.4 is 15.8 Å². The Labute approximate surface area is 164 Å². The molecule has 2 aromatic rings. The molecule has 0 bridgehead atoms. The molecular weight excluding hydrogens is 392 g/mol. The zero-order valence-electron chi connectivity index (χ0n) is 15.2. The van der Waals surface area contributed by atoms with E-state index in [0.29, 0.717) is 30.4 Å². The Morgan fingerprint density at radius 2 is 1.96 bits per heavy atom. The van der Waals surface area contributed by atoms with E-state index in [1.165, 1.54) is 23.9 Å². The molecule has 0 aliphatic carbocycles. The van der Waals surface area contributed by atoms with Crippen LogP contribution in [-0.4, -0.2) is 45.5 Å². The van der Waals surface area contributed by atoms with Gasteiger partial charge in [-0.1, -0.05) is 23.9 Å². The van der Waals surface area contributed by atoms with Crippen molar-refractivity contribution in [3.63, 3.8) is 0 Å². The molecule has 28 heavy (non-hydrogen) atoms. The smallest absolute Gasteiger partial charge is 0.387 e. The van der Waals surface area contributed by atoms with Crippen molar-refractivity contribution in [2.75, 3.05) is 12.3 Å². The lowest BCUT2D eigenvalue weighted by atomic mass is 10.1. The van der Waals surface area contributed by atoms with Crippen LogP contribution in [0.15, 0.2) is 29.4 Å². The third-order valence-electron chi connectivity index (χ3n) is 3.74. The van der Waals surface area contributed by atoms with Gasteiger partial charge in [-0.25, -0.2) is 0 Å². The molecule has 1 heterocycles. The fraction of sp³-hybridized carbons (Fsp3) is 0.412. The summed E-state index contributed by atoms with van der Waals surface area (Å²) in [7, 11) is 1.76. The molecule has 0 unspecified atom stereocenters. The maximum atomic E-state index is 12.1. The van der Waals surface area contributed by atoms with Crippen molar-refractivity contribution >= 4 is 23.6 Å². The predicted octanol–water partition coefficient (Wildman–Crippen LogP) is 1.29. The normalized spacial score (nSPS) is 10.9. The Hall–Kier alpha value is -2.69. The van der Waals surface area contributed by atoms with Gasteiger partial charge in [0.2, 0.25) is 11.8 Å². The number of rotatable bonds is 11. The molecule has 0 saturated heterocycles. The molecule has 0 atom stereocenters. The second-order valence-corrected chi connectivity index (χ2v) is 6.78. The Morgan fingerprint density at radius 3 is 2.61 bits per heavy atom. The van der Waals surface area contributed by atoms with Crippen LogP contribution in [0.4, 0.5) is 8.78 Å². The summed E-state index contributed by atoms with van der Waals surface area (Å²) >= 11 is 1.24. The third kappa shape index (κ3) is 7.14.